The highest BCUT2D eigenvalue weighted by atomic mass is 16.4. The van der Waals surface area contributed by atoms with E-state index in [4.69, 9.17) is 10.2 Å². The topological polar surface area (TPSA) is 104 Å². The number of carboxylic acids is 2. The lowest BCUT2D eigenvalue weighted by molar-refractivity contribution is -0.147. The van der Waals surface area contributed by atoms with E-state index in [0.717, 1.165) is 12.8 Å². The lowest BCUT2D eigenvalue weighted by Crippen LogP contribution is -2.42. The minimum Gasteiger partial charge on any atom is -0.481 e. The third-order valence-electron chi connectivity index (χ3n) is 6.27. The smallest absolute Gasteiger partial charge is 0.326 e. The number of amides is 1. The zero-order valence-electron chi connectivity index (χ0n) is 21.3. The van der Waals surface area contributed by atoms with Crippen LogP contribution in [0.15, 0.2) is 0 Å². The van der Waals surface area contributed by atoms with Crippen molar-refractivity contribution in [3.63, 3.8) is 0 Å². The summed E-state index contributed by atoms with van der Waals surface area (Å²) in [4.78, 5) is 33.3. The van der Waals surface area contributed by atoms with Crippen molar-refractivity contribution in [2.75, 3.05) is 0 Å². The van der Waals surface area contributed by atoms with Crippen LogP contribution in [0.1, 0.15) is 148 Å². The Hall–Kier alpha value is -1.59. The van der Waals surface area contributed by atoms with Crippen molar-refractivity contribution in [3.05, 3.63) is 0 Å². The van der Waals surface area contributed by atoms with Gasteiger partial charge in [-0.15, -0.1) is 0 Å². The monoisotopic (exact) mass is 469 g/mol. The molecule has 0 fully saturated rings. The van der Waals surface area contributed by atoms with Gasteiger partial charge in [-0.2, -0.15) is 0 Å². The molecule has 1 amide bonds. The van der Waals surface area contributed by atoms with Crippen LogP contribution in [0.4, 0.5) is 0 Å². The average molecular weight is 470 g/mol. The van der Waals surface area contributed by atoms with Gasteiger partial charge in [-0.3, -0.25) is 9.59 Å². The molecule has 6 nitrogen and oxygen atoms in total. The summed E-state index contributed by atoms with van der Waals surface area (Å²) in [6.45, 7) is 2.27. The van der Waals surface area contributed by atoms with E-state index in [1.807, 2.05) is 0 Å². The molecule has 3 N–H and O–H groups in total. The fraction of sp³-hybridized carbons (Fsp3) is 0.889. The lowest BCUT2D eigenvalue weighted by atomic mass is 10.0. The quantitative estimate of drug-likeness (QED) is 0.122. The van der Waals surface area contributed by atoms with E-state index in [1.165, 1.54) is 109 Å². The molecule has 0 aromatic rings. The number of hydrogen-bond acceptors (Lipinski definition) is 3. The van der Waals surface area contributed by atoms with Crippen LogP contribution >= 0.6 is 0 Å². The van der Waals surface area contributed by atoms with Gasteiger partial charge in [-0.05, 0) is 6.42 Å². The number of rotatable bonds is 25. The summed E-state index contributed by atoms with van der Waals surface area (Å²) in [5, 5.41) is 19.9. The molecule has 0 aromatic carbocycles. The first kappa shape index (κ1) is 31.4. The SMILES string of the molecule is CCCCCCCCCCCCCCCCCCCCCCC(=O)N[C@@H](CC(=O)O)C(=O)O. The van der Waals surface area contributed by atoms with Gasteiger partial charge in [0.15, 0.2) is 0 Å². The van der Waals surface area contributed by atoms with Gasteiger partial charge in [-0.25, -0.2) is 4.79 Å². The molecule has 0 aliphatic carbocycles. The van der Waals surface area contributed by atoms with Gasteiger partial charge in [0.2, 0.25) is 5.91 Å². The number of hydrogen-bond donors (Lipinski definition) is 3. The number of carbonyl (C=O) groups is 3. The molecule has 33 heavy (non-hydrogen) atoms. The largest absolute Gasteiger partial charge is 0.481 e. The Bertz CT molecular complexity index is 495. The van der Waals surface area contributed by atoms with Gasteiger partial charge in [0, 0.05) is 6.42 Å². The summed E-state index contributed by atoms with van der Waals surface area (Å²) in [5.41, 5.74) is 0. The summed E-state index contributed by atoms with van der Waals surface area (Å²) < 4.78 is 0. The first-order chi connectivity index (χ1) is 16.0. The van der Waals surface area contributed by atoms with Crippen LogP contribution in [0.5, 0.6) is 0 Å². The highest BCUT2D eigenvalue weighted by Gasteiger charge is 2.22. The Morgan fingerprint density at radius 3 is 1.21 bits per heavy atom. The second-order valence-electron chi connectivity index (χ2n) is 9.52. The molecule has 0 heterocycles. The maximum Gasteiger partial charge on any atom is 0.326 e. The highest BCUT2D eigenvalue weighted by Crippen LogP contribution is 2.15. The Morgan fingerprint density at radius 2 is 0.909 bits per heavy atom. The van der Waals surface area contributed by atoms with Crippen molar-refractivity contribution in [2.24, 2.45) is 0 Å². The van der Waals surface area contributed by atoms with Crippen molar-refractivity contribution in [1.29, 1.82) is 0 Å². The number of aliphatic carboxylic acids is 2. The second kappa shape index (κ2) is 23.6. The number of carbonyl (C=O) groups excluding carboxylic acids is 1. The third kappa shape index (κ3) is 23.4. The molecular formula is C27H51NO5. The van der Waals surface area contributed by atoms with Crippen LogP contribution in [-0.4, -0.2) is 34.1 Å². The molecule has 0 aliphatic heterocycles. The molecular weight excluding hydrogens is 418 g/mol. The van der Waals surface area contributed by atoms with Crippen molar-refractivity contribution in [2.45, 2.75) is 154 Å². The average Bonchev–Trinajstić information content (AvgIpc) is 2.77. The summed E-state index contributed by atoms with van der Waals surface area (Å²) in [6, 6.07) is -1.35. The number of nitrogens with one attached hydrogen (secondary N) is 1. The fourth-order valence-corrected chi connectivity index (χ4v) is 4.18. The Labute approximate surface area is 202 Å². The molecule has 0 radical (unpaired) electrons. The second-order valence-corrected chi connectivity index (χ2v) is 9.52. The van der Waals surface area contributed by atoms with Gasteiger partial charge >= 0.3 is 11.9 Å². The minimum absolute atomic E-state index is 0.252. The van der Waals surface area contributed by atoms with E-state index in [9.17, 15) is 14.4 Å². The van der Waals surface area contributed by atoms with E-state index in [1.54, 1.807) is 0 Å². The standard InChI is InChI=1S/C27H51NO5/c1-2-3-4-5-6-7-8-9-10-11-12-13-14-15-16-17-18-19-20-21-22-25(29)28-24(27(32)33)23-26(30)31/h24H,2-23H2,1H3,(H,28,29)(H,30,31)(H,32,33)/t24-/m0/s1. The predicted molar refractivity (Wildman–Crippen MR) is 134 cm³/mol. The summed E-state index contributed by atoms with van der Waals surface area (Å²) in [5.74, 6) is -2.93. The molecule has 0 saturated heterocycles. The molecule has 0 aliphatic rings. The Balaban J connectivity index is 3.31. The molecule has 6 heteroatoms. The maximum atomic E-state index is 11.8. The molecule has 0 bridgehead atoms. The first-order valence-electron chi connectivity index (χ1n) is 13.7. The van der Waals surface area contributed by atoms with Crippen molar-refractivity contribution < 1.29 is 24.6 Å². The van der Waals surface area contributed by atoms with Crippen molar-refractivity contribution >= 4 is 17.8 Å². The Kier molecular flexibility index (Phi) is 22.4. The van der Waals surface area contributed by atoms with E-state index < -0.39 is 24.4 Å². The Morgan fingerprint density at radius 1 is 0.576 bits per heavy atom. The zero-order valence-corrected chi connectivity index (χ0v) is 21.3. The zero-order chi connectivity index (χ0) is 24.6. The summed E-state index contributed by atoms with van der Waals surface area (Å²) in [7, 11) is 0. The van der Waals surface area contributed by atoms with Crippen molar-refractivity contribution in [3.8, 4) is 0 Å². The van der Waals surface area contributed by atoms with Crippen LogP contribution in [-0.2, 0) is 14.4 Å². The first-order valence-corrected chi connectivity index (χ1v) is 13.7. The van der Waals surface area contributed by atoms with Gasteiger partial charge < -0.3 is 15.5 Å². The van der Waals surface area contributed by atoms with Crippen molar-refractivity contribution in [1.82, 2.24) is 5.32 Å². The summed E-state index contributed by atoms with van der Waals surface area (Å²) >= 11 is 0. The van der Waals surface area contributed by atoms with Crippen LogP contribution in [0.25, 0.3) is 0 Å². The summed E-state index contributed by atoms with van der Waals surface area (Å²) in [6.07, 6.45) is 25.6. The predicted octanol–water partition coefficient (Wildman–Crippen LogP) is 7.24. The van der Waals surface area contributed by atoms with E-state index in [0.29, 0.717) is 6.42 Å². The van der Waals surface area contributed by atoms with Crippen LogP contribution < -0.4 is 5.32 Å². The maximum absolute atomic E-state index is 11.8. The van der Waals surface area contributed by atoms with Crippen LogP contribution in [0.2, 0.25) is 0 Å². The number of carboxylic acid groups (broad SMARTS) is 2. The minimum atomic E-state index is -1.35. The molecule has 0 unspecified atom stereocenters. The van der Waals surface area contributed by atoms with E-state index >= 15 is 0 Å². The van der Waals surface area contributed by atoms with E-state index in [2.05, 4.69) is 12.2 Å². The molecule has 0 saturated carbocycles. The molecule has 0 spiro atoms. The lowest BCUT2D eigenvalue weighted by Gasteiger charge is -2.12. The van der Waals surface area contributed by atoms with Crippen LogP contribution in [0.3, 0.4) is 0 Å². The fourth-order valence-electron chi connectivity index (χ4n) is 4.18. The molecule has 1 atom stereocenters. The van der Waals surface area contributed by atoms with Gasteiger partial charge in [-0.1, -0.05) is 129 Å². The van der Waals surface area contributed by atoms with Crippen LogP contribution in [0, 0.1) is 0 Å². The highest BCUT2D eigenvalue weighted by molar-refractivity contribution is 5.86. The van der Waals surface area contributed by atoms with Gasteiger partial charge in [0.1, 0.15) is 6.04 Å². The van der Waals surface area contributed by atoms with Gasteiger partial charge in [0.25, 0.3) is 0 Å². The third-order valence-corrected chi connectivity index (χ3v) is 6.27. The number of unbranched alkanes of at least 4 members (excludes halogenated alkanes) is 19. The normalized spacial score (nSPS) is 11.9. The molecule has 194 valence electrons. The molecule has 0 rings (SSSR count). The van der Waals surface area contributed by atoms with Gasteiger partial charge in [0.05, 0.1) is 6.42 Å². The molecule has 0 aromatic heterocycles. The van der Waals surface area contributed by atoms with E-state index in [-0.39, 0.29) is 12.3 Å².